The molecule has 124 valence electrons. The smallest absolute Gasteiger partial charge is 0.305 e. The Labute approximate surface area is 141 Å². The van der Waals surface area contributed by atoms with E-state index in [-0.39, 0.29) is 10.3 Å². The summed E-state index contributed by atoms with van der Waals surface area (Å²) in [4.78, 5) is 18.5. The zero-order chi connectivity index (χ0) is 16.4. The maximum absolute atomic E-state index is 11.9. The maximum Gasteiger partial charge on any atom is 0.305 e. The predicted octanol–water partition coefficient (Wildman–Crippen LogP) is 2.81. The van der Waals surface area contributed by atoms with Gasteiger partial charge in [-0.3, -0.25) is 9.69 Å². The minimum absolute atomic E-state index is 0.0324. The first kappa shape index (κ1) is 16.4. The molecular weight excluding hydrogens is 306 g/mol. The van der Waals surface area contributed by atoms with Gasteiger partial charge in [-0.25, -0.2) is 0 Å². The number of hydrogen-bond donors (Lipinski definition) is 2. The van der Waals surface area contributed by atoms with Crippen LogP contribution in [0.1, 0.15) is 31.2 Å². The van der Waals surface area contributed by atoms with Crippen LogP contribution in [0.25, 0.3) is 11.3 Å². The lowest BCUT2D eigenvalue weighted by molar-refractivity contribution is 0.235. The molecule has 1 aliphatic rings. The van der Waals surface area contributed by atoms with Crippen LogP contribution in [0.3, 0.4) is 0 Å². The molecule has 1 fully saturated rings. The molecule has 0 spiro atoms. The van der Waals surface area contributed by atoms with E-state index in [0.29, 0.717) is 0 Å². The summed E-state index contributed by atoms with van der Waals surface area (Å²) in [6, 6.07) is 8.58. The normalized spacial score (nSPS) is 16.7. The van der Waals surface area contributed by atoms with E-state index in [2.05, 4.69) is 60.2 Å². The van der Waals surface area contributed by atoms with Crippen LogP contribution in [0, 0.1) is 0 Å². The van der Waals surface area contributed by atoms with Crippen molar-refractivity contribution in [1.82, 2.24) is 15.2 Å². The lowest BCUT2D eigenvalue weighted by Crippen LogP contribution is -2.42. The summed E-state index contributed by atoms with van der Waals surface area (Å²) in [5.41, 5.74) is 3.53. The number of piperazine rings is 1. The van der Waals surface area contributed by atoms with Gasteiger partial charge in [0.2, 0.25) is 0 Å². The zero-order valence-corrected chi connectivity index (χ0v) is 14.9. The molecular formula is C18H25N3OS. The van der Waals surface area contributed by atoms with Crippen molar-refractivity contribution in [1.29, 1.82) is 0 Å². The maximum atomic E-state index is 11.9. The number of nitrogens with one attached hydrogen (secondary N) is 2. The molecule has 1 aliphatic heterocycles. The summed E-state index contributed by atoms with van der Waals surface area (Å²) in [6.45, 7) is 11.6. The molecule has 2 heterocycles. The van der Waals surface area contributed by atoms with Crippen LogP contribution in [-0.2, 0) is 12.0 Å². The molecule has 1 aromatic heterocycles. The molecule has 0 amide bonds. The van der Waals surface area contributed by atoms with E-state index < -0.39 is 0 Å². The van der Waals surface area contributed by atoms with Crippen molar-refractivity contribution in [3.8, 4) is 11.3 Å². The first-order chi connectivity index (χ1) is 10.9. The summed E-state index contributed by atoms with van der Waals surface area (Å²) in [7, 11) is 0. The number of benzene rings is 1. The number of aromatic nitrogens is 1. The third kappa shape index (κ3) is 3.91. The number of nitrogens with zero attached hydrogens (tertiary/aromatic N) is 1. The van der Waals surface area contributed by atoms with Crippen molar-refractivity contribution in [3.63, 3.8) is 0 Å². The molecule has 0 radical (unpaired) electrons. The highest BCUT2D eigenvalue weighted by Crippen LogP contribution is 2.28. The molecule has 1 aromatic carbocycles. The van der Waals surface area contributed by atoms with Crippen LogP contribution in [0.15, 0.2) is 29.1 Å². The second kappa shape index (κ2) is 6.59. The second-order valence-electron chi connectivity index (χ2n) is 7.17. The Kier molecular flexibility index (Phi) is 4.71. The molecule has 3 rings (SSSR count). The standard InChI is InChI=1S/C18H25N3OS/c1-18(2,3)14-6-4-13(5-7-14)16-15(23-17(22)20-16)12-21-10-8-19-9-11-21/h4-7,19H,8-12H2,1-3H3,(H,20,22). The van der Waals surface area contributed by atoms with Crippen molar-refractivity contribution in [2.24, 2.45) is 0 Å². The number of aromatic amines is 1. The number of H-pyrrole nitrogens is 1. The van der Waals surface area contributed by atoms with E-state index in [1.54, 1.807) is 0 Å². The van der Waals surface area contributed by atoms with Gasteiger partial charge in [-0.15, -0.1) is 0 Å². The Balaban J connectivity index is 1.86. The zero-order valence-electron chi connectivity index (χ0n) is 14.1. The van der Waals surface area contributed by atoms with Gasteiger partial charge < -0.3 is 10.3 Å². The molecule has 0 unspecified atom stereocenters. The molecule has 0 saturated carbocycles. The van der Waals surface area contributed by atoms with Crippen molar-refractivity contribution >= 4 is 11.3 Å². The minimum atomic E-state index is 0.0324. The quantitative estimate of drug-likeness (QED) is 0.909. The average Bonchev–Trinajstić information content (AvgIpc) is 2.88. The third-order valence-corrected chi connectivity index (χ3v) is 5.21. The van der Waals surface area contributed by atoms with E-state index >= 15 is 0 Å². The van der Waals surface area contributed by atoms with Crippen LogP contribution in [0.5, 0.6) is 0 Å². The van der Waals surface area contributed by atoms with Gasteiger partial charge in [0.25, 0.3) is 0 Å². The number of thiazole rings is 1. The van der Waals surface area contributed by atoms with Gasteiger partial charge >= 0.3 is 4.87 Å². The van der Waals surface area contributed by atoms with Gasteiger partial charge in [0, 0.05) is 37.6 Å². The summed E-state index contributed by atoms with van der Waals surface area (Å²) >= 11 is 1.34. The molecule has 1 saturated heterocycles. The van der Waals surface area contributed by atoms with E-state index in [1.807, 2.05) is 0 Å². The first-order valence-corrected chi connectivity index (χ1v) is 9.01. The van der Waals surface area contributed by atoms with Gasteiger partial charge in [-0.05, 0) is 16.5 Å². The first-order valence-electron chi connectivity index (χ1n) is 8.19. The highest BCUT2D eigenvalue weighted by Gasteiger charge is 2.17. The van der Waals surface area contributed by atoms with Crippen molar-refractivity contribution < 1.29 is 0 Å². The highest BCUT2D eigenvalue weighted by molar-refractivity contribution is 7.09. The Morgan fingerprint density at radius 2 is 1.78 bits per heavy atom. The van der Waals surface area contributed by atoms with E-state index in [9.17, 15) is 4.79 Å². The van der Waals surface area contributed by atoms with Gasteiger partial charge in [-0.2, -0.15) is 0 Å². The Morgan fingerprint density at radius 3 is 2.39 bits per heavy atom. The minimum Gasteiger partial charge on any atom is -0.314 e. The summed E-state index contributed by atoms with van der Waals surface area (Å²) in [5.74, 6) is 0. The summed E-state index contributed by atoms with van der Waals surface area (Å²) < 4.78 is 0. The van der Waals surface area contributed by atoms with Gasteiger partial charge in [0.15, 0.2) is 0 Å². The fourth-order valence-electron chi connectivity index (χ4n) is 2.91. The van der Waals surface area contributed by atoms with E-state index in [4.69, 9.17) is 0 Å². The summed E-state index contributed by atoms with van der Waals surface area (Å²) in [5, 5.41) is 3.36. The fraction of sp³-hybridized carbons (Fsp3) is 0.500. The fourth-order valence-corrected chi connectivity index (χ4v) is 3.81. The van der Waals surface area contributed by atoms with Crippen LogP contribution < -0.4 is 10.2 Å². The van der Waals surface area contributed by atoms with Crippen molar-refractivity contribution in [2.45, 2.75) is 32.7 Å². The van der Waals surface area contributed by atoms with E-state index in [1.165, 1.54) is 16.9 Å². The number of hydrogen-bond acceptors (Lipinski definition) is 4. The molecule has 0 atom stereocenters. The molecule has 5 heteroatoms. The SMILES string of the molecule is CC(C)(C)c1ccc(-c2[nH]c(=O)sc2CN2CCNCC2)cc1. The summed E-state index contributed by atoms with van der Waals surface area (Å²) in [6.07, 6.45) is 0. The van der Waals surface area contributed by atoms with Crippen molar-refractivity contribution in [3.05, 3.63) is 44.4 Å². The Hall–Kier alpha value is -1.43. The van der Waals surface area contributed by atoms with Gasteiger partial charge in [0.05, 0.1) is 5.69 Å². The van der Waals surface area contributed by atoms with Gasteiger partial charge in [-0.1, -0.05) is 56.4 Å². The monoisotopic (exact) mass is 331 g/mol. The topological polar surface area (TPSA) is 48.1 Å². The average molecular weight is 331 g/mol. The molecule has 23 heavy (non-hydrogen) atoms. The largest absolute Gasteiger partial charge is 0.314 e. The van der Waals surface area contributed by atoms with Gasteiger partial charge in [0.1, 0.15) is 0 Å². The Bertz CT molecular complexity index is 703. The van der Waals surface area contributed by atoms with Crippen LogP contribution in [0.2, 0.25) is 0 Å². The van der Waals surface area contributed by atoms with Crippen LogP contribution in [0.4, 0.5) is 0 Å². The van der Waals surface area contributed by atoms with Crippen LogP contribution in [-0.4, -0.2) is 36.1 Å². The lowest BCUT2D eigenvalue weighted by Gasteiger charge is -2.26. The molecule has 4 nitrogen and oxygen atoms in total. The molecule has 0 aliphatic carbocycles. The third-order valence-electron chi connectivity index (χ3n) is 4.34. The highest BCUT2D eigenvalue weighted by atomic mass is 32.1. The molecule has 2 N–H and O–H groups in total. The predicted molar refractivity (Wildman–Crippen MR) is 97.2 cm³/mol. The lowest BCUT2D eigenvalue weighted by atomic mass is 9.86. The van der Waals surface area contributed by atoms with Crippen LogP contribution >= 0.6 is 11.3 Å². The second-order valence-corrected chi connectivity index (χ2v) is 8.23. The van der Waals surface area contributed by atoms with Crippen molar-refractivity contribution in [2.75, 3.05) is 26.2 Å². The number of rotatable bonds is 3. The Morgan fingerprint density at radius 1 is 1.13 bits per heavy atom. The van der Waals surface area contributed by atoms with E-state index in [0.717, 1.165) is 48.9 Å². The molecule has 2 aromatic rings. The molecule has 0 bridgehead atoms.